The van der Waals surface area contributed by atoms with Gasteiger partial charge in [0.25, 0.3) is 0 Å². The fraction of sp³-hybridized carbons (Fsp3) is 0.588. The zero-order valence-electron chi connectivity index (χ0n) is 12.7. The lowest BCUT2D eigenvalue weighted by atomic mass is 9.96. The monoisotopic (exact) mass is 288 g/mol. The van der Waals surface area contributed by atoms with Gasteiger partial charge >= 0.3 is 6.03 Å². The Hall–Kier alpha value is -1.71. The van der Waals surface area contributed by atoms with Crippen molar-refractivity contribution in [2.24, 2.45) is 0 Å². The summed E-state index contributed by atoms with van der Waals surface area (Å²) in [5.74, 6) is 0.881. The number of methoxy groups -OCH3 is 1. The first kappa shape index (κ1) is 14.2. The summed E-state index contributed by atoms with van der Waals surface area (Å²) in [4.78, 5) is 14.2. The van der Waals surface area contributed by atoms with Crippen LogP contribution < -0.4 is 10.1 Å². The number of urea groups is 1. The Bertz CT molecular complexity index is 488. The van der Waals surface area contributed by atoms with Crippen molar-refractivity contribution in [1.82, 2.24) is 10.2 Å². The minimum Gasteiger partial charge on any atom is -0.497 e. The predicted octanol–water partition coefficient (Wildman–Crippen LogP) is 2.92. The zero-order chi connectivity index (χ0) is 14.7. The van der Waals surface area contributed by atoms with E-state index >= 15 is 0 Å². The lowest BCUT2D eigenvalue weighted by molar-refractivity contribution is 0.185. The standard InChI is InChI=1S/C17H24N2O2/c1-21-15-7-5-14(6-8-15)17(9-10-17)13-18-16(20)19-11-3-2-4-12-19/h5-8H,2-4,9-13H2,1H3,(H,18,20). The van der Waals surface area contributed by atoms with Crippen LogP contribution in [0.3, 0.4) is 0 Å². The lowest BCUT2D eigenvalue weighted by Crippen LogP contribution is -2.45. The molecule has 4 heteroatoms. The molecule has 0 aromatic heterocycles. The molecule has 4 nitrogen and oxygen atoms in total. The maximum atomic E-state index is 12.2. The van der Waals surface area contributed by atoms with Crippen LogP contribution in [0.4, 0.5) is 4.79 Å². The van der Waals surface area contributed by atoms with Crippen molar-refractivity contribution in [2.45, 2.75) is 37.5 Å². The molecule has 1 aromatic carbocycles. The molecule has 2 amide bonds. The van der Waals surface area contributed by atoms with E-state index in [0.29, 0.717) is 0 Å². The topological polar surface area (TPSA) is 41.6 Å². The SMILES string of the molecule is COc1ccc(C2(CNC(=O)N3CCCCC3)CC2)cc1. The normalized spacial score (nSPS) is 20.0. The number of likely N-dealkylation sites (tertiary alicyclic amines) is 1. The minimum atomic E-state index is 0.106. The van der Waals surface area contributed by atoms with E-state index in [4.69, 9.17) is 4.74 Å². The summed E-state index contributed by atoms with van der Waals surface area (Å²) in [6, 6.07) is 8.36. The summed E-state index contributed by atoms with van der Waals surface area (Å²) in [6.07, 6.45) is 5.83. The summed E-state index contributed by atoms with van der Waals surface area (Å²) in [5, 5.41) is 3.14. The Labute approximate surface area is 126 Å². The van der Waals surface area contributed by atoms with Gasteiger partial charge in [0.2, 0.25) is 0 Å². The van der Waals surface area contributed by atoms with Gasteiger partial charge in [-0.2, -0.15) is 0 Å². The average molecular weight is 288 g/mol. The van der Waals surface area contributed by atoms with E-state index in [2.05, 4.69) is 17.4 Å². The van der Waals surface area contributed by atoms with Crippen molar-refractivity contribution in [2.75, 3.05) is 26.7 Å². The van der Waals surface area contributed by atoms with Gasteiger partial charge in [-0.05, 0) is 49.8 Å². The maximum absolute atomic E-state index is 12.2. The van der Waals surface area contributed by atoms with Crippen molar-refractivity contribution in [3.63, 3.8) is 0 Å². The number of rotatable bonds is 4. The third-order valence-electron chi connectivity index (χ3n) is 4.78. The third kappa shape index (κ3) is 3.14. The Morgan fingerprint density at radius 2 is 1.86 bits per heavy atom. The highest BCUT2D eigenvalue weighted by molar-refractivity contribution is 5.74. The lowest BCUT2D eigenvalue weighted by Gasteiger charge is -2.28. The van der Waals surface area contributed by atoms with E-state index in [9.17, 15) is 4.79 Å². The number of amides is 2. The molecular formula is C17H24N2O2. The number of hydrogen-bond acceptors (Lipinski definition) is 2. The number of hydrogen-bond donors (Lipinski definition) is 1. The van der Waals surface area contributed by atoms with Gasteiger partial charge in [-0.3, -0.25) is 0 Å². The fourth-order valence-corrected chi connectivity index (χ4v) is 3.12. The Morgan fingerprint density at radius 3 is 2.43 bits per heavy atom. The van der Waals surface area contributed by atoms with Gasteiger partial charge in [-0.25, -0.2) is 4.79 Å². The number of carbonyl (C=O) groups excluding carboxylic acids is 1. The predicted molar refractivity (Wildman–Crippen MR) is 82.7 cm³/mol. The Balaban J connectivity index is 1.57. The molecule has 3 rings (SSSR count). The summed E-state index contributed by atoms with van der Waals surface area (Å²) in [6.45, 7) is 2.55. The molecule has 0 bridgehead atoms. The van der Waals surface area contributed by atoms with Crippen LogP contribution in [-0.4, -0.2) is 37.7 Å². The summed E-state index contributed by atoms with van der Waals surface area (Å²) >= 11 is 0. The molecule has 21 heavy (non-hydrogen) atoms. The van der Waals surface area contributed by atoms with E-state index < -0.39 is 0 Å². The molecule has 1 saturated heterocycles. The van der Waals surface area contributed by atoms with Gasteiger partial charge in [0.15, 0.2) is 0 Å². The second-order valence-corrected chi connectivity index (χ2v) is 6.22. The second-order valence-electron chi connectivity index (χ2n) is 6.22. The van der Waals surface area contributed by atoms with E-state index in [1.165, 1.54) is 12.0 Å². The summed E-state index contributed by atoms with van der Waals surface area (Å²) in [7, 11) is 1.68. The number of ether oxygens (including phenoxy) is 1. The number of benzene rings is 1. The molecule has 1 heterocycles. The molecule has 114 valence electrons. The molecule has 1 aliphatic heterocycles. The van der Waals surface area contributed by atoms with E-state index in [1.54, 1.807) is 7.11 Å². The van der Waals surface area contributed by atoms with Crippen LogP contribution in [-0.2, 0) is 5.41 Å². The maximum Gasteiger partial charge on any atom is 0.317 e. The van der Waals surface area contributed by atoms with Crippen LogP contribution in [0.1, 0.15) is 37.7 Å². The van der Waals surface area contributed by atoms with Crippen molar-refractivity contribution in [1.29, 1.82) is 0 Å². The van der Waals surface area contributed by atoms with Crippen LogP contribution >= 0.6 is 0 Å². The molecule has 1 aliphatic carbocycles. The summed E-state index contributed by atoms with van der Waals surface area (Å²) in [5.41, 5.74) is 1.46. The van der Waals surface area contributed by atoms with Gasteiger partial charge in [0.1, 0.15) is 5.75 Å². The van der Waals surface area contributed by atoms with Gasteiger partial charge in [0.05, 0.1) is 7.11 Å². The molecule has 1 saturated carbocycles. The highest BCUT2D eigenvalue weighted by Crippen LogP contribution is 2.47. The molecule has 0 atom stereocenters. The van der Waals surface area contributed by atoms with Gasteiger partial charge in [-0.1, -0.05) is 12.1 Å². The average Bonchev–Trinajstić information content (AvgIpc) is 3.35. The molecule has 0 unspecified atom stereocenters. The van der Waals surface area contributed by atoms with Gasteiger partial charge < -0.3 is 15.0 Å². The fourth-order valence-electron chi connectivity index (χ4n) is 3.12. The highest BCUT2D eigenvalue weighted by Gasteiger charge is 2.44. The minimum absolute atomic E-state index is 0.106. The van der Waals surface area contributed by atoms with Crippen molar-refractivity contribution in [3.8, 4) is 5.75 Å². The first-order chi connectivity index (χ1) is 10.2. The number of nitrogens with zero attached hydrogens (tertiary/aromatic N) is 1. The first-order valence-electron chi connectivity index (χ1n) is 7.91. The van der Waals surface area contributed by atoms with Gasteiger partial charge in [0, 0.05) is 25.0 Å². The third-order valence-corrected chi connectivity index (χ3v) is 4.78. The zero-order valence-corrected chi connectivity index (χ0v) is 12.7. The molecule has 0 radical (unpaired) electrons. The van der Waals surface area contributed by atoms with Crippen molar-refractivity contribution >= 4 is 6.03 Å². The Kier molecular flexibility index (Phi) is 4.04. The molecule has 1 N–H and O–H groups in total. The number of carbonyl (C=O) groups is 1. The number of piperidine rings is 1. The van der Waals surface area contributed by atoms with Crippen LogP contribution in [0.2, 0.25) is 0 Å². The molecule has 2 fully saturated rings. The van der Waals surface area contributed by atoms with E-state index in [1.807, 2.05) is 17.0 Å². The van der Waals surface area contributed by atoms with Crippen LogP contribution in [0, 0.1) is 0 Å². The van der Waals surface area contributed by atoms with E-state index in [0.717, 1.165) is 51.1 Å². The molecule has 1 aromatic rings. The quantitative estimate of drug-likeness (QED) is 0.925. The van der Waals surface area contributed by atoms with Crippen LogP contribution in [0.25, 0.3) is 0 Å². The van der Waals surface area contributed by atoms with Crippen LogP contribution in [0.15, 0.2) is 24.3 Å². The van der Waals surface area contributed by atoms with Crippen molar-refractivity contribution in [3.05, 3.63) is 29.8 Å². The van der Waals surface area contributed by atoms with Crippen LogP contribution in [0.5, 0.6) is 5.75 Å². The van der Waals surface area contributed by atoms with E-state index in [-0.39, 0.29) is 11.4 Å². The van der Waals surface area contributed by atoms with Crippen molar-refractivity contribution < 1.29 is 9.53 Å². The largest absolute Gasteiger partial charge is 0.497 e. The second kappa shape index (κ2) is 5.96. The van der Waals surface area contributed by atoms with Gasteiger partial charge in [-0.15, -0.1) is 0 Å². The smallest absolute Gasteiger partial charge is 0.317 e. The molecule has 0 spiro atoms. The highest BCUT2D eigenvalue weighted by atomic mass is 16.5. The summed E-state index contributed by atoms with van der Waals surface area (Å²) < 4.78 is 5.20. The molecule has 2 aliphatic rings. The molecular weight excluding hydrogens is 264 g/mol. The number of nitrogens with one attached hydrogen (secondary N) is 1. The first-order valence-corrected chi connectivity index (χ1v) is 7.91. The Morgan fingerprint density at radius 1 is 1.19 bits per heavy atom.